The fourth-order valence-electron chi connectivity index (χ4n) is 3.90. The van der Waals surface area contributed by atoms with Gasteiger partial charge in [-0.25, -0.2) is 0 Å². The molecule has 0 radical (unpaired) electrons. The Labute approximate surface area is 224 Å². The van der Waals surface area contributed by atoms with Crippen molar-refractivity contribution in [3.8, 4) is 0 Å². The van der Waals surface area contributed by atoms with E-state index in [0.29, 0.717) is 22.5 Å². The molecule has 0 saturated carbocycles. The van der Waals surface area contributed by atoms with Crippen LogP contribution in [0.5, 0.6) is 0 Å². The van der Waals surface area contributed by atoms with Gasteiger partial charge in [-0.3, -0.25) is 9.59 Å². The van der Waals surface area contributed by atoms with Crippen LogP contribution in [0.25, 0.3) is 5.57 Å². The average Bonchev–Trinajstić information content (AvgIpc) is 2.93. The summed E-state index contributed by atoms with van der Waals surface area (Å²) in [4.78, 5) is 29.2. The number of carbonyl (C=O) groups is 2. The van der Waals surface area contributed by atoms with Gasteiger partial charge in [-0.2, -0.15) is 0 Å². The highest BCUT2D eigenvalue weighted by Crippen LogP contribution is 2.25. The van der Waals surface area contributed by atoms with E-state index in [4.69, 9.17) is 0 Å². The van der Waals surface area contributed by atoms with E-state index in [1.54, 1.807) is 0 Å². The van der Waals surface area contributed by atoms with Crippen LogP contribution in [-0.2, 0) is 0 Å². The first-order valence-electron chi connectivity index (χ1n) is 12.3. The third kappa shape index (κ3) is 6.28. The van der Waals surface area contributed by atoms with Gasteiger partial charge in [-0.15, -0.1) is 0 Å². The second-order valence-corrected chi connectivity index (χ2v) is 9.42. The molecule has 2 amide bonds. The summed E-state index contributed by atoms with van der Waals surface area (Å²) in [6.45, 7) is 4.23. The van der Waals surface area contributed by atoms with Gasteiger partial charge in [0, 0.05) is 62.1 Å². The molecule has 0 fully saturated rings. The number of hydrogen-bond donors (Lipinski definition) is 2. The fourth-order valence-corrected chi connectivity index (χ4v) is 3.90. The number of anilines is 4. The highest BCUT2D eigenvalue weighted by atomic mass is 16.2. The molecular weight excluding hydrogens is 472 g/mol. The fraction of sp³-hybridized carbons (Fsp3) is 0.125. The molecule has 0 unspecified atom stereocenters. The van der Waals surface area contributed by atoms with E-state index in [2.05, 4.69) is 17.2 Å². The quantitative estimate of drug-likeness (QED) is 0.292. The number of nitrogens with one attached hydrogen (secondary N) is 2. The molecule has 192 valence electrons. The first kappa shape index (κ1) is 26.2. The zero-order valence-corrected chi connectivity index (χ0v) is 22.2. The second kappa shape index (κ2) is 11.5. The summed E-state index contributed by atoms with van der Waals surface area (Å²) >= 11 is 0. The highest BCUT2D eigenvalue weighted by Gasteiger charge is 2.10. The minimum absolute atomic E-state index is 0.159. The molecule has 6 nitrogen and oxygen atoms in total. The molecule has 0 saturated heterocycles. The van der Waals surface area contributed by atoms with Crippen LogP contribution >= 0.6 is 0 Å². The van der Waals surface area contributed by atoms with Crippen LogP contribution in [0, 0.1) is 0 Å². The molecule has 0 spiro atoms. The molecule has 0 aliphatic heterocycles. The Morgan fingerprint density at radius 2 is 0.789 bits per heavy atom. The maximum absolute atomic E-state index is 12.6. The standard InChI is InChI=1S/C32H32N4O2/c1-22(23-6-14-27(15-7-23)33-31(37)25-10-18-29(19-11-25)35(2)3)24-8-16-28(17-9-24)34-32(38)26-12-20-30(21-13-26)36(4)5/h6-21H,1H2,2-5H3,(H,33,37)(H,34,38). The van der Waals surface area contributed by atoms with Gasteiger partial charge in [0.05, 0.1) is 0 Å². The Kier molecular flexibility index (Phi) is 7.92. The largest absolute Gasteiger partial charge is 0.378 e. The molecule has 4 aromatic carbocycles. The number of amides is 2. The number of benzene rings is 4. The van der Waals surface area contributed by atoms with Gasteiger partial charge in [-0.1, -0.05) is 30.8 Å². The summed E-state index contributed by atoms with van der Waals surface area (Å²) < 4.78 is 0. The van der Waals surface area contributed by atoms with Crippen molar-refractivity contribution in [3.05, 3.63) is 126 Å². The topological polar surface area (TPSA) is 64.7 Å². The summed E-state index contributed by atoms with van der Waals surface area (Å²) in [5.74, 6) is -0.318. The third-order valence-electron chi connectivity index (χ3n) is 6.27. The monoisotopic (exact) mass is 504 g/mol. The van der Waals surface area contributed by atoms with Gasteiger partial charge in [0.2, 0.25) is 0 Å². The summed E-state index contributed by atoms with van der Waals surface area (Å²) in [5, 5.41) is 5.87. The van der Waals surface area contributed by atoms with Crippen LogP contribution < -0.4 is 20.4 Å². The van der Waals surface area contributed by atoms with Crippen molar-refractivity contribution < 1.29 is 9.59 Å². The van der Waals surface area contributed by atoms with E-state index in [-0.39, 0.29) is 11.8 Å². The lowest BCUT2D eigenvalue weighted by Gasteiger charge is -2.13. The molecule has 6 heteroatoms. The van der Waals surface area contributed by atoms with Gasteiger partial charge in [0.1, 0.15) is 0 Å². The molecule has 4 aromatic rings. The molecule has 2 N–H and O–H groups in total. The van der Waals surface area contributed by atoms with Gasteiger partial charge in [0.25, 0.3) is 11.8 Å². The van der Waals surface area contributed by atoms with Crippen molar-refractivity contribution in [2.24, 2.45) is 0 Å². The normalized spacial score (nSPS) is 10.4. The molecule has 38 heavy (non-hydrogen) atoms. The first-order chi connectivity index (χ1) is 18.2. The number of hydrogen-bond acceptors (Lipinski definition) is 4. The minimum Gasteiger partial charge on any atom is -0.378 e. The predicted octanol–water partition coefficient (Wildman–Crippen LogP) is 6.38. The number of carbonyl (C=O) groups excluding carboxylic acids is 2. The van der Waals surface area contributed by atoms with Gasteiger partial charge in [-0.05, 0) is 89.5 Å². The molecule has 4 rings (SSSR count). The van der Waals surface area contributed by atoms with E-state index in [1.807, 2.05) is 135 Å². The maximum atomic E-state index is 12.6. The van der Waals surface area contributed by atoms with E-state index in [9.17, 15) is 9.59 Å². The van der Waals surface area contributed by atoms with Crippen molar-refractivity contribution >= 4 is 40.1 Å². The molecule has 0 heterocycles. The molecule has 0 aliphatic rings. The van der Waals surface area contributed by atoms with Crippen LogP contribution in [0.3, 0.4) is 0 Å². The molecule has 0 atom stereocenters. The highest BCUT2D eigenvalue weighted by molar-refractivity contribution is 6.05. The predicted molar refractivity (Wildman–Crippen MR) is 158 cm³/mol. The van der Waals surface area contributed by atoms with Crippen molar-refractivity contribution in [2.45, 2.75) is 0 Å². The number of rotatable bonds is 8. The van der Waals surface area contributed by atoms with Gasteiger partial charge < -0.3 is 20.4 Å². The lowest BCUT2D eigenvalue weighted by atomic mass is 9.99. The van der Waals surface area contributed by atoms with E-state index < -0.39 is 0 Å². The second-order valence-electron chi connectivity index (χ2n) is 9.42. The van der Waals surface area contributed by atoms with Crippen molar-refractivity contribution in [1.29, 1.82) is 0 Å². The lowest BCUT2D eigenvalue weighted by Crippen LogP contribution is -2.13. The molecule has 0 aromatic heterocycles. The van der Waals surface area contributed by atoms with Gasteiger partial charge >= 0.3 is 0 Å². The van der Waals surface area contributed by atoms with Crippen LogP contribution in [0.4, 0.5) is 22.7 Å². The zero-order valence-electron chi connectivity index (χ0n) is 22.2. The summed E-state index contributed by atoms with van der Waals surface area (Å²) in [6, 6.07) is 30.1. The Morgan fingerprint density at radius 1 is 0.500 bits per heavy atom. The molecular formula is C32H32N4O2. The van der Waals surface area contributed by atoms with Crippen LogP contribution in [-0.4, -0.2) is 40.0 Å². The van der Waals surface area contributed by atoms with Crippen molar-refractivity contribution in [2.75, 3.05) is 48.6 Å². The Balaban J connectivity index is 1.36. The van der Waals surface area contributed by atoms with Crippen molar-refractivity contribution in [3.63, 3.8) is 0 Å². The third-order valence-corrected chi connectivity index (χ3v) is 6.27. The Bertz CT molecular complexity index is 1310. The zero-order chi connectivity index (χ0) is 27.2. The number of nitrogens with zero attached hydrogens (tertiary/aromatic N) is 2. The maximum Gasteiger partial charge on any atom is 0.255 e. The SMILES string of the molecule is C=C(c1ccc(NC(=O)c2ccc(N(C)C)cc2)cc1)c1ccc(NC(=O)c2ccc(N(C)C)cc2)cc1. The van der Waals surface area contributed by atoms with Crippen molar-refractivity contribution in [1.82, 2.24) is 0 Å². The lowest BCUT2D eigenvalue weighted by molar-refractivity contribution is 0.101. The smallest absolute Gasteiger partial charge is 0.255 e. The minimum atomic E-state index is -0.159. The molecule has 0 aliphatic carbocycles. The summed E-state index contributed by atoms with van der Waals surface area (Å²) in [6.07, 6.45) is 0. The van der Waals surface area contributed by atoms with E-state index in [0.717, 1.165) is 28.1 Å². The summed E-state index contributed by atoms with van der Waals surface area (Å²) in [7, 11) is 7.85. The van der Waals surface area contributed by atoms with Crippen LogP contribution in [0.15, 0.2) is 104 Å². The van der Waals surface area contributed by atoms with Crippen LogP contribution in [0.1, 0.15) is 31.8 Å². The Morgan fingerprint density at radius 3 is 1.08 bits per heavy atom. The van der Waals surface area contributed by atoms with E-state index in [1.165, 1.54) is 0 Å². The van der Waals surface area contributed by atoms with Crippen LogP contribution in [0.2, 0.25) is 0 Å². The average molecular weight is 505 g/mol. The Hall–Kier alpha value is -4.84. The first-order valence-corrected chi connectivity index (χ1v) is 12.3. The van der Waals surface area contributed by atoms with Gasteiger partial charge in [0.15, 0.2) is 0 Å². The van der Waals surface area contributed by atoms with E-state index >= 15 is 0 Å². The summed E-state index contributed by atoms with van der Waals surface area (Å²) in [5.41, 5.74) is 7.42. The molecule has 0 bridgehead atoms.